The fourth-order valence-electron chi connectivity index (χ4n) is 1.04. The highest BCUT2D eigenvalue weighted by molar-refractivity contribution is 7.89. The van der Waals surface area contributed by atoms with Gasteiger partial charge in [0.25, 0.3) is 0 Å². The van der Waals surface area contributed by atoms with E-state index in [1.54, 1.807) is 6.92 Å². The minimum atomic E-state index is -3.48. The van der Waals surface area contributed by atoms with Crippen molar-refractivity contribution in [3.63, 3.8) is 0 Å². The van der Waals surface area contributed by atoms with Crippen LogP contribution < -0.4 is 10.5 Å². The predicted octanol–water partition coefficient (Wildman–Crippen LogP) is -0.875. The van der Waals surface area contributed by atoms with Gasteiger partial charge in [-0.1, -0.05) is 0 Å². The summed E-state index contributed by atoms with van der Waals surface area (Å²) in [7, 11) is -3.48. The quantitative estimate of drug-likeness (QED) is 0.437. The highest BCUT2D eigenvalue weighted by atomic mass is 32.2. The maximum absolute atomic E-state index is 11.2. The summed E-state index contributed by atoms with van der Waals surface area (Å²) in [5.41, 5.74) is 0. The van der Waals surface area contributed by atoms with Gasteiger partial charge in [-0.15, -0.1) is 0 Å². The van der Waals surface area contributed by atoms with Gasteiger partial charge in [0.2, 0.25) is 15.9 Å². The Morgan fingerprint density at radius 3 is 2.47 bits per heavy atom. The van der Waals surface area contributed by atoms with Crippen molar-refractivity contribution >= 4 is 21.9 Å². The molecule has 0 unspecified atom stereocenters. The first kappa shape index (κ1) is 15.9. The van der Waals surface area contributed by atoms with E-state index in [0.29, 0.717) is 0 Å². The highest BCUT2D eigenvalue weighted by Crippen LogP contribution is 1.93. The number of nitrogens with two attached hydrogens (primary N) is 1. The Hall–Kier alpha value is -1.15. The molecule has 0 aliphatic carbocycles. The van der Waals surface area contributed by atoms with E-state index in [0.717, 1.165) is 0 Å². The van der Waals surface area contributed by atoms with Crippen LogP contribution in [0.5, 0.6) is 0 Å². The molecule has 0 bridgehead atoms. The molecule has 17 heavy (non-hydrogen) atoms. The van der Waals surface area contributed by atoms with Crippen LogP contribution in [0.3, 0.4) is 0 Å². The number of hydrogen-bond donors (Lipinski definition) is 2. The zero-order valence-electron chi connectivity index (χ0n) is 9.77. The topological polar surface area (TPSA) is 116 Å². The van der Waals surface area contributed by atoms with E-state index in [9.17, 15) is 18.0 Å². The molecule has 0 aliphatic rings. The molecule has 0 saturated carbocycles. The minimum Gasteiger partial charge on any atom is -0.466 e. The molecule has 100 valence electrons. The smallest absolute Gasteiger partial charge is 0.306 e. The molecule has 0 saturated heterocycles. The zero-order valence-corrected chi connectivity index (χ0v) is 10.6. The number of rotatable bonds is 8. The van der Waals surface area contributed by atoms with E-state index in [4.69, 9.17) is 5.14 Å². The average Bonchev–Trinajstić information content (AvgIpc) is 2.21. The van der Waals surface area contributed by atoms with E-state index >= 15 is 0 Å². The van der Waals surface area contributed by atoms with Crippen molar-refractivity contribution in [2.24, 2.45) is 5.14 Å². The Bertz CT molecular complexity index is 352. The maximum Gasteiger partial charge on any atom is 0.306 e. The summed E-state index contributed by atoms with van der Waals surface area (Å²) >= 11 is 0. The molecule has 0 fully saturated rings. The van der Waals surface area contributed by atoms with Gasteiger partial charge in [-0.2, -0.15) is 0 Å². The van der Waals surface area contributed by atoms with Crippen molar-refractivity contribution < 1.29 is 22.7 Å². The van der Waals surface area contributed by atoms with Crippen LogP contribution in [0.2, 0.25) is 0 Å². The number of esters is 1. The first-order chi connectivity index (χ1) is 7.85. The Labute approximate surface area is 101 Å². The van der Waals surface area contributed by atoms with E-state index in [1.807, 2.05) is 0 Å². The van der Waals surface area contributed by atoms with Crippen LogP contribution in [-0.2, 0) is 24.3 Å². The van der Waals surface area contributed by atoms with Gasteiger partial charge in [-0.05, 0) is 13.3 Å². The van der Waals surface area contributed by atoms with Crippen molar-refractivity contribution in [2.45, 2.75) is 26.2 Å². The third-order valence-electron chi connectivity index (χ3n) is 1.79. The summed E-state index contributed by atoms with van der Waals surface area (Å²) < 4.78 is 25.8. The van der Waals surface area contributed by atoms with Crippen molar-refractivity contribution in [1.82, 2.24) is 5.32 Å². The first-order valence-corrected chi connectivity index (χ1v) is 6.99. The molecule has 0 aliphatic heterocycles. The number of nitrogens with one attached hydrogen (secondary N) is 1. The molecule has 0 aromatic carbocycles. The van der Waals surface area contributed by atoms with Crippen LogP contribution in [-0.4, -0.2) is 39.2 Å². The normalized spacial score (nSPS) is 10.9. The fourth-order valence-corrected chi connectivity index (χ4v) is 1.59. The third kappa shape index (κ3) is 11.1. The van der Waals surface area contributed by atoms with Crippen LogP contribution in [0, 0.1) is 0 Å². The number of hydrogen-bond acceptors (Lipinski definition) is 5. The molecular formula is C9H18N2O5S. The maximum atomic E-state index is 11.2. The monoisotopic (exact) mass is 266 g/mol. The Morgan fingerprint density at radius 2 is 1.94 bits per heavy atom. The molecule has 0 atom stereocenters. The van der Waals surface area contributed by atoms with E-state index in [-0.39, 0.29) is 44.1 Å². The van der Waals surface area contributed by atoms with Gasteiger partial charge >= 0.3 is 5.97 Å². The lowest BCUT2D eigenvalue weighted by Crippen LogP contribution is -2.27. The molecule has 0 aromatic rings. The number of amides is 1. The Kier molecular flexibility index (Phi) is 7.47. The molecule has 0 spiro atoms. The number of primary sulfonamides is 1. The SMILES string of the molecule is CCOC(=O)CCC(=O)NCCCS(N)(=O)=O. The first-order valence-electron chi connectivity index (χ1n) is 5.28. The van der Waals surface area contributed by atoms with Crippen LogP contribution in [0.1, 0.15) is 26.2 Å². The number of ether oxygens (including phenoxy) is 1. The van der Waals surface area contributed by atoms with Gasteiger partial charge in [0.15, 0.2) is 0 Å². The number of carbonyl (C=O) groups is 2. The van der Waals surface area contributed by atoms with Crippen LogP contribution in [0.4, 0.5) is 0 Å². The van der Waals surface area contributed by atoms with E-state index in [1.165, 1.54) is 0 Å². The van der Waals surface area contributed by atoms with E-state index in [2.05, 4.69) is 10.1 Å². The molecule has 0 rings (SSSR count). The van der Waals surface area contributed by atoms with Gasteiger partial charge < -0.3 is 10.1 Å². The number of carbonyl (C=O) groups excluding carboxylic acids is 2. The van der Waals surface area contributed by atoms with Crippen molar-refractivity contribution in [3.05, 3.63) is 0 Å². The van der Waals surface area contributed by atoms with E-state index < -0.39 is 16.0 Å². The van der Waals surface area contributed by atoms with Crippen LogP contribution in [0.25, 0.3) is 0 Å². The summed E-state index contributed by atoms with van der Waals surface area (Å²) in [5.74, 6) is -0.912. The summed E-state index contributed by atoms with van der Waals surface area (Å²) in [6.45, 7) is 2.19. The molecule has 0 aromatic heterocycles. The molecule has 0 radical (unpaired) electrons. The molecule has 3 N–H and O–H groups in total. The second-order valence-electron chi connectivity index (χ2n) is 3.38. The lowest BCUT2D eigenvalue weighted by atomic mass is 10.3. The second kappa shape index (κ2) is 8.02. The molecule has 0 heterocycles. The van der Waals surface area contributed by atoms with Gasteiger partial charge in [0.1, 0.15) is 0 Å². The van der Waals surface area contributed by atoms with Gasteiger partial charge in [0, 0.05) is 13.0 Å². The third-order valence-corrected chi connectivity index (χ3v) is 2.65. The molecule has 8 heteroatoms. The summed E-state index contributed by atoms with van der Waals surface area (Å²) in [5, 5.41) is 7.27. The average molecular weight is 266 g/mol. The zero-order chi connectivity index (χ0) is 13.3. The molecule has 7 nitrogen and oxygen atoms in total. The van der Waals surface area contributed by atoms with Crippen LogP contribution in [0.15, 0.2) is 0 Å². The predicted molar refractivity (Wildman–Crippen MR) is 61.5 cm³/mol. The largest absolute Gasteiger partial charge is 0.466 e. The summed E-state index contributed by atoms with van der Waals surface area (Å²) in [6, 6.07) is 0. The lowest BCUT2D eigenvalue weighted by molar-refractivity contribution is -0.144. The van der Waals surface area contributed by atoms with Gasteiger partial charge in [-0.25, -0.2) is 13.6 Å². The van der Waals surface area contributed by atoms with Crippen molar-refractivity contribution in [2.75, 3.05) is 18.9 Å². The summed E-state index contributed by atoms with van der Waals surface area (Å²) in [6.07, 6.45) is 0.313. The number of sulfonamides is 1. The molecule has 1 amide bonds. The van der Waals surface area contributed by atoms with Crippen molar-refractivity contribution in [3.8, 4) is 0 Å². The minimum absolute atomic E-state index is 0.0227. The van der Waals surface area contributed by atoms with Crippen molar-refractivity contribution in [1.29, 1.82) is 0 Å². The molecular weight excluding hydrogens is 248 g/mol. The standard InChI is InChI=1S/C9H18N2O5S/c1-2-16-9(13)5-4-8(12)11-6-3-7-17(10,14)15/h2-7H2,1H3,(H,11,12)(H2,10,14,15). The second-order valence-corrected chi connectivity index (χ2v) is 5.11. The summed E-state index contributed by atoms with van der Waals surface area (Å²) in [4.78, 5) is 22.1. The Morgan fingerprint density at radius 1 is 1.29 bits per heavy atom. The van der Waals surface area contributed by atoms with Gasteiger partial charge in [-0.3, -0.25) is 9.59 Å². The fraction of sp³-hybridized carbons (Fsp3) is 0.778. The Balaban J connectivity index is 3.57. The van der Waals surface area contributed by atoms with Crippen LogP contribution >= 0.6 is 0 Å². The highest BCUT2D eigenvalue weighted by Gasteiger charge is 2.07. The lowest BCUT2D eigenvalue weighted by Gasteiger charge is -2.04. The van der Waals surface area contributed by atoms with Gasteiger partial charge in [0.05, 0.1) is 18.8 Å².